The molecule has 1 aliphatic heterocycles. The van der Waals surface area contributed by atoms with E-state index in [4.69, 9.17) is 0 Å². The van der Waals surface area contributed by atoms with E-state index in [0.717, 1.165) is 32.0 Å². The third-order valence-electron chi connectivity index (χ3n) is 8.40. The number of benzene rings is 2. The first-order valence-corrected chi connectivity index (χ1v) is 12.7. The molecule has 0 spiro atoms. The van der Waals surface area contributed by atoms with Gasteiger partial charge in [0.2, 0.25) is 0 Å². The summed E-state index contributed by atoms with van der Waals surface area (Å²) in [4.78, 5) is 15.4. The van der Waals surface area contributed by atoms with Crippen molar-refractivity contribution in [3.63, 3.8) is 0 Å². The Morgan fingerprint density at radius 3 is 2.33 bits per heavy atom. The number of carbonyl (C=O) groups is 1. The summed E-state index contributed by atoms with van der Waals surface area (Å²) >= 11 is 0. The minimum absolute atomic E-state index is 0.0564. The molecule has 0 bridgehead atoms. The van der Waals surface area contributed by atoms with Gasteiger partial charge in [0.15, 0.2) is 0 Å². The van der Waals surface area contributed by atoms with Gasteiger partial charge in [-0.2, -0.15) is 0 Å². The zero-order chi connectivity index (χ0) is 23.0. The Morgan fingerprint density at radius 2 is 1.67 bits per heavy atom. The van der Waals surface area contributed by atoms with Gasteiger partial charge in [-0.15, -0.1) is 0 Å². The van der Waals surface area contributed by atoms with E-state index in [0.29, 0.717) is 42.4 Å². The van der Waals surface area contributed by atoms with Gasteiger partial charge < -0.3 is 0 Å². The molecule has 33 heavy (non-hydrogen) atoms. The number of alkyl halides is 2. The number of halogens is 2. The summed E-state index contributed by atoms with van der Waals surface area (Å²) in [6.45, 7) is 3.12. The van der Waals surface area contributed by atoms with Crippen molar-refractivity contribution in [1.82, 2.24) is 4.90 Å². The second-order valence-electron chi connectivity index (χ2n) is 10.6. The van der Waals surface area contributed by atoms with Crippen LogP contribution in [0, 0.1) is 17.8 Å². The van der Waals surface area contributed by atoms with Crippen LogP contribution in [0.25, 0.3) is 0 Å². The van der Waals surface area contributed by atoms with Gasteiger partial charge in [-0.05, 0) is 73.5 Å². The van der Waals surface area contributed by atoms with Gasteiger partial charge in [-0.25, -0.2) is 8.78 Å². The molecule has 2 aromatic rings. The van der Waals surface area contributed by atoms with Crippen molar-refractivity contribution in [1.29, 1.82) is 0 Å². The van der Waals surface area contributed by atoms with Crippen LogP contribution in [-0.4, -0.2) is 29.8 Å². The molecule has 0 amide bonds. The van der Waals surface area contributed by atoms with Gasteiger partial charge in [0.05, 0.1) is 0 Å². The van der Waals surface area contributed by atoms with Crippen LogP contribution in [0.2, 0.25) is 0 Å². The van der Waals surface area contributed by atoms with Gasteiger partial charge in [-0.1, -0.05) is 48.5 Å². The van der Waals surface area contributed by atoms with Crippen LogP contribution in [0.4, 0.5) is 8.78 Å². The number of nitrogens with zero attached hydrogens (tertiary/aromatic N) is 1. The summed E-state index contributed by atoms with van der Waals surface area (Å²) in [7, 11) is 0. The number of fused-ring (bicyclic) bond motifs is 1. The summed E-state index contributed by atoms with van der Waals surface area (Å²) in [5, 5.41) is 0. The molecular formula is C29H35F2NO. The molecule has 3 fully saturated rings. The van der Waals surface area contributed by atoms with Gasteiger partial charge in [0.1, 0.15) is 5.78 Å². The van der Waals surface area contributed by atoms with Crippen molar-refractivity contribution in [2.75, 3.05) is 13.1 Å². The van der Waals surface area contributed by atoms with Crippen LogP contribution in [0.1, 0.15) is 68.1 Å². The highest BCUT2D eigenvalue weighted by atomic mass is 19.3. The number of hydrogen-bond acceptors (Lipinski definition) is 2. The number of rotatable bonds is 8. The minimum Gasteiger partial charge on any atom is -0.300 e. The maximum atomic E-state index is 13.5. The maximum Gasteiger partial charge on any atom is 0.270 e. The molecule has 2 saturated carbocycles. The number of likely N-dealkylation sites (tertiary alicyclic amines) is 1. The lowest BCUT2D eigenvalue weighted by Gasteiger charge is -2.36. The highest BCUT2D eigenvalue weighted by Crippen LogP contribution is 2.54. The number of carbonyl (C=O) groups excluding carboxylic acids is 1. The average Bonchev–Trinajstić information content (AvgIpc) is 3.33. The zero-order valence-electron chi connectivity index (χ0n) is 19.6. The van der Waals surface area contributed by atoms with Crippen LogP contribution in [0.5, 0.6) is 0 Å². The molecule has 1 heterocycles. The smallest absolute Gasteiger partial charge is 0.270 e. The van der Waals surface area contributed by atoms with E-state index in [2.05, 4.69) is 35.2 Å². The minimum atomic E-state index is -2.82. The summed E-state index contributed by atoms with van der Waals surface area (Å²) in [5.41, 5.74) is 2.44. The van der Waals surface area contributed by atoms with Gasteiger partial charge >= 0.3 is 0 Å². The number of piperidine rings is 1. The Kier molecular flexibility index (Phi) is 6.39. The number of Topliss-reactive ketones (excluding diaryl/α,β-unsaturated/α-hetero) is 1. The Morgan fingerprint density at radius 1 is 0.970 bits per heavy atom. The van der Waals surface area contributed by atoms with E-state index in [1.165, 1.54) is 37.3 Å². The van der Waals surface area contributed by atoms with E-state index in [-0.39, 0.29) is 11.5 Å². The molecule has 4 heteroatoms. The fraction of sp³-hybridized carbons (Fsp3) is 0.552. The summed E-state index contributed by atoms with van der Waals surface area (Å²) in [6, 6.07) is 18.2. The third-order valence-corrected chi connectivity index (χ3v) is 8.40. The molecule has 2 aliphatic carbocycles. The predicted octanol–water partition coefficient (Wildman–Crippen LogP) is 6.59. The second-order valence-corrected chi connectivity index (χ2v) is 10.6. The predicted molar refractivity (Wildman–Crippen MR) is 127 cm³/mol. The molecule has 176 valence electrons. The Hall–Kier alpha value is -2.07. The van der Waals surface area contributed by atoms with Gasteiger partial charge in [-0.3, -0.25) is 9.69 Å². The molecule has 1 unspecified atom stereocenters. The highest BCUT2D eigenvalue weighted by molar-refractivity contribution is 5.84. The van der Waals surface area contributed by atoms with Crippen LogP contribution >= 0.6 is 0 Å². The van der Waals surface area contributed by atoms with Gasteiger partial charge in [0, 0.05) is 44.0 Å². The van der Waals surface area contributed by atoms with Crippen LogP contribution < -0.4 is 0 Å². The van der Waals surface area contributed by atoms with Crippen LogP contribution in [0.3, 0.4) is 0 Å². The normalized spacial score (nSPS) is 29.6. The summed E-state index contributed by atoms with van der Waals surface area (Å²) in [6.07, 6.45) is 7.10. The first-order chi connectivity index (χ1) is 15.9. The Bertz CT molecular complexity index is 949. The van der Waals surface area contributed by atoms with E-state index in [1.807, 2.05) is 6.07 Å². The fourth-order valence-corrected chi connectivity index (χ4v) is 6.47. The van der Waals surface area contributed by atoms with Crippen molar-refractivity contribution in [3.05, 3.63) is 71.3 Å². The van der Waals surface area contributed by atoms with Crippen LogP contribution in [0.15, 0.2) is 54.6 Å². The molecule has 2 nitrogen and oxygen atoms in total. The number of hydrogen-bond donors (Lipinski definition) is 0. The lowest BCUT2D eigenvalue weighted by Crippen LogP contribution is -2.38. The van der Waals surface area contributed by atoms with Crippen molar-refractivity contribution in [3.8, 4) is 0 Å². The topological polar surface area (TPSA) is 20.3 Å². The Labute approximate surface area is 196 Å². The van der Waals surface area contributed by atoms with Crippen LogP contribution in [-0.2, 0) is 17.1 Å². The number of ketones is 1. The van der Waals surface area contributed by atoms with E-state index in [1.54, 1.807) is 12.1 Å². The number of aryl methyl sites for hydroxylation is 1. The molecule has 0 radical (unpaired) electrons. The lowest BCUT2D eigenvalue weighted by molar-refractivity contribution is -0.121. The van der Waals surface area contributed by atoms with E-state index in [9.17, 15) is 13.6 Å². The zero-order valence-corrected chi connectivity index (χ0v) is 19.6. The molecule has 0 N–H and O–H groups in total. The van der Waals surface area contributed by atoms with Crippen molar-refractivity contribution in [2.24, 2.45) is 17.8 Å². The maximum absolute atomic E-state index is 13.5. The molecular weight excluding hydrogens is 416 g/mol. The fourth-order valence-electron chi connectivity index (χ4n) is 6.47. The quantitative estimate of drug-likeness (QED) is 0.451. The summed E-state index contributed by atoms with van der Waals surface area (Å²) < 4.78 is 27.1. The molecule has 0 aromatic heterocycles. The van der Waals surface area contributed by atoms with Gasteiger partial charge in [0.25, 0.3) is 5.92 Å². The van der Waals surface area contributed by atoms with E-state index >= 15 is 0 Å². The largest absolute Gasteiger partial charge is 0.300 e. The Balaban J connectivity index is 1.04. The molecule has 3 atom stereocenters. The molecule has 3 aliphatic rings. The molecule has 1 saturated heterocycles. The van der Waals surface area contributed by atoms with E-state index < -0.39 is 5.92 Å². The molecule has 5 rings (SSSR count). The first kappa shape index (κ1) is 22.7. The van der Waals surface area contributed by atoms with Crippen molar-refractivity contribution >= 4 is 5.78 Å². The third kappa shape index (κ3) is 5.06. The standard InChI is InChI=1S/C29H35F2NO/c1-29(30,31)23-11-5-7-20(17-23)8-6-12-27(33)28-25-18-32(19-26(25)28)24-15-13-22(14-16-24)21-9-3-2-4-10-21/h2-5,7,9-11,17,22,24-26,28H,6,8,12-16,18-19H2,1H3/t22?,24?,25-,26+,28?. The van der Waals surface area contributed by atoms with Crippen molar-refractivity contribution < 1.29 is 13.6 Å². The highest BCUT2D eigenvalue weighted by Gasteiger charge is 2.59. The first-order valence-electron chi connectivity index (χ1n) is 12.7. The second kappa shape index (κ2) is 9.29. The van der Waals surface area contributed by atoms with Crippen molar-refractivity contribution in [2.45, 2.75) is 69.8 Å². The average molecular weight is 452 g/mol. The lowest BCUT2D eigenvalue weighted by atomic mass is 9.81. The molecule has 2 aromatic carbocycles. The SMILES string of the molecule is CC(F)(F)c1cccc(CCCC(=O)C2[C@H]3CN(C4CCC(c5ccccc5)CC4)C[C@@H]23)c1. The monoisotopic (exact) mass is 451 g/mol. The summed E-state index contributed by atoms with van der Waals surface area (Å²) in [5.74, 6) is -0.331.